The Morgan fingerprint density at radius 2 is 1.77 bits per heavy atom. The molecule has 0 radical (unpaired) electrons. The van der Waals surface area contributed by atoms with E-state index in [1.54, 1.807) is 25.3 Å². The number of aromatic amines is 1. The average Bonchev–Trinajstić information content (AvgIpc) is 3.22. The Labute approximate surface area is 210 Å². The van der Waals surface area contributed by atoms with Crippen LogP contribution in [0.3, 0.4) is 0 Å². The van der Waals surface area contributed by atoms with Gasteiger partial charge in [0, 0.05) is 42.6 Å². The summed E-state index contributed by atoms with van der Waals surface area (Å²) in [5, 5.41) is 0. The van der Waals surface area contributed by atoms with Crippen molar-refractivity contribution in [3.63, 3.8) is 0 Å². The number of aromatic nitrogens is 1. The summed E-state index contributed by atoms with van der Waals surface area (Å²) in [6, 6.07) is 20.4. The minimum absolute atomic E-state index is 0.282. The van der Waals surface area contributed by atoms with Crippen molar-refractivity contribution in [1.29, 1.82) is 0 Å². The summed E-state index contributed by atoms with van der Waals surface area (Å²) >= 11 is 0. The molecule has 0 spiro atoms. The quantitative estimate of drug-likeness (QED) is 0.405. The number of hydrogen-bond acceptors (Lipinski definition) is 4. The lowest BCUT2D eigenvalue weighted by Crippen LogP contribution is -2.30. The van der Waals surface area contributed by atoms with Gasteiger partial charge >= 0.3 is 0 Å². The number of rotatable bonds is 9. The van der Waals surface area contributed by atoms with E-state index in [0.717, 1.165) is 36.5 Å². The molecule has 0 unspecified atom stereocenters. The van der Waals surface area contributed by atoms with Crippen LogP contribution in [0.25, 0.3) is 11.3 Å². The highest BCUT2D eigenvalue weighted by molar-refractivity contribution is 7.89. The van der Waals surface area contributed by atoms with Gasteiger partial charge in [0.15, 0.2) is 0 Å². The SMILES string of the molecule is CCN(CC)S(=O)(=O)c1ccc(OC)c(-c2ccc(CN3CCCCC[C@@H]3c3ccccc3)[nH]2)c1. The molecule has 3 aromatic rings. The summed E-state index contributed by atoms with van der Waals surface area (Å²) < 4.78 is 33.3. The van der Waals surface area contributed by atoms with Crippen LogP contribution in [0.5, 0.6) is 5.75 Å². The van der Waals surface area contributed by atoms with Crippen LogP contribution in [0.1, 0.15) is 56.8 Å². The van der Waals surface area contributed by atoms with Gasteiger partial charge in [-0.3, -0.25) is 4.90 Å². The van der Waals surface area contributed by atoms with Crippen molar-refractivity contribution in [3.05, 3.63) is 71.9 Å². The third kappa shape index (κ3) is 5.63. The Bertz CT molecular complexity index is 1200. The molecule has 1 aliphatic rings. The minimum atomic E-state index is -3.56. The lowest BCUT2D eigenvalue weighted by atomic mass is 10.0. The van der Waals surface area contributed by atoms with Crippen molar-refractivity contribution < 1.29 is 13.2 Å². The van der Waals surface area contributed by atoms with Gasteiger partial charge in [-0.05, 0) is 55.3 Å². The van der Waals surface area contributed by atoms with Gasteiger partial charge in [0.05, 0.1) is 12.0 Å². The van der Waals surface area contributed by atoms with E-state index in [1.807, 2.05) is 19.9 Å². The van der Waals surface area contributed by atoms with E-state index in [1.165, 1.54) is 29.1 Å². The topological polar surface area (TPSA) is 65.6 Å². The molecule has 35 heavy (non-hydrogen) atoms. The van der Waals surface area contributed by atoms with Crippen LogP contribution in [0.4, 0.5) is 0 Å². The van der Waals surface area contributed by atoms with E-state index in [4.69, 9.17) is 4.74 Å². The van der Waals surface area contributed by atoms with Crippen LogP contribution < -0.4 is 4.74 Å². The summed E-state index contributed by atoms with van der Waals surface area (Å²) in [4.78, 5) is 6.40. The number of hydrogen-bond donors (Lipinski definition) is 1. The van der Waals surface area contributed by atoms with Gasteiger partial charge in [-0.25, -0.2) is 8.42 Å². The molecule has 0 saturated carbocycles. The third-order valence-corrected chi connectivity index (χ3v) is 9.02. The van der Waals surface area contributed by atoms with Gasteiger partial charge in [-0.15, -0.1) is 0 Å². The molecule has 7 heteroatoms. The highest BCUT2D eigenvalue weighted by atomic mass is 32.2. The molecule has 6 nitrogen and oxygen atoms in total. The smallest absolute Gasteiger partial charge is 0.243 e. The van der Waals surface area contributed by atoms with Crippen LogP contribution >= 0.6 is 0 Å². The van der Waals surface area contributed by atoms with Crippen LogP contribution in [0, 0.1) is 0 Å². The molecule has 4 rings (SSSR count). The number of H-pyrrole nitrogens is 1. The van der Waals surface area contributed by atoms with Crippen LogP contribution in [0.15, 0.2) is 65.6 Å². The zero-order chi connectivity index (χ0) is 24.8. The van der Waals surface area contributed by atoms with Gasteiger partial charge in [0.2, 0.25) is 10.0 Å². The molecule has 1 N–H and O–H groups in total. The second kappa shape index (κ2) is 11.4. The first-order chi connectivity index (χ1) is 17.0. The van der Waals surface area contributed by atoms with Gasteiger partial charge in [-0.2, -0.15) is 4.31 Å². The van der Waals surface area contributed by atoms with Crippen LogP contribution in [0.2, 0.25) is 0 Å². The Kier molecular flexibility index (Phi) is 8.31. The summed E-state index contributed by atoms with van der Waals surface area (Å²) in [6.45, 7) is 6.47. The van der Waals surface area contributed by atoms with E-state index in [9.17, 15) is 8.42 Å². The number of ether oxygens (including phenoxy) is 1. The normalized spacial score (nSPS) is 17.4. The average molecular weight is 496 g/mol. The van der Waals surface area contributed by atoms with Crippen molar-refractivity contribution in [2.75, 3.05) is 26.7 Å². The molecule has 1 fully saturated rings. The molecule has 2 aromatic carbocycles. The predicted octanol–water partition coefficient (Wildman–Crippen LogP) is 5.84. The molecule has 0 amide bonds. The van der Waals surface area contributed by atoms with E-state index < -0.39 is 10.0 Å². The highest BCUT2D eigenvalue weighted by Gasteiger charge is 2.25. The van der Waals surface area contributed by atoms with E-state index in [-0.39, 0.29) is 4.90 Å². The number of sulfonamides is 1. The lowest BCUT2D eigenvalue weighted by Gasteiger charge is -2.30. The molecular formula is C28H37N3O3S. The minimum Gasteiger partial charge on any atom is -0.496 e. The Hall–Kier alpha value is -2.61. The molecule has 1 saturated heterocycles. The maximum absolute atomic E-state index is 13.1. The third-order valence-electron chi connectivity index (χ3n) is 6.97. The second-order valence-electron chi connectivity index (χ2n) is 9.09. The first kappa shape index (κ1) is 25.5. The maximum atomic E-state index is 13.1. The zero-order valence-electron chi connectivity index (χ0n) is 21.0. The van der Waals surface area contributed by atoms with Gasteiger partial charge < -0.3 is 9.72 Å². The molecule has 0 bridgehead atoms. The highest BCUT2D eigenvalue weighted by Crippen LogP contribution is 2.34. The predicted molar refractivity (Wildman–Crippen MR) is 141 cm³/mol. The lowest BCUT2D eigenvalue weighted by molar-refractivity contribution is 0.190. The first-order valence-corrected chi connectivity index (χ1v) is 14.1. The van der Waals surface area contributed by atoms with E-state index in [0.29, 0.717) is 24.9 Å². The summed E-state index contributed by atoms with van der Waals surface area (Å²) in [5.74, 6) is 0.647. The number of likely N-dealkylation sites (tertiary alicyclic amines) is 1. The fraction of sp³-hybridized carbons (Fsp3) is 0.429. The standard InChI is InChI=1S/C28H37N3O3S/c1-4-31(5-2)35(32,33)24-16-18-28(34-3)25(20-24)26-17-15-23(29-26)21-30-19-11-7-10-14-27(30)22-12-8-6-9-13-22/h6,8-9,12-13,15-18,20,27,29H,4-5,7,10-11,14,19,21H2,1-3H3/t27-/m1/s1. The maximum Gasteiger partial charge on any atom is 0.243 e. The molecule has 0 aliphatic carbocycles. The fourth-order valence-electron chi connectivity index (χ4n) is 5.09. The van der Waals surface area contributed by atoms with Crippen LogP contribution in [-0.2, 0) is 16.6 Å². The largest absolute Gasteiger partial charge is 0.496 e. The van der Waals surface area contributed by atoms with E-state index >= 15 is 0 Å². The molecule has 1 atom stereocenters. The Morgan fingerprint density at radius 1 is 1.00 bits per heavy atom. The number of nitrogens with zero attached hydrogens (tertiary/aromatic N) is 2. The molecule has 1 aromatic heterocycles. The number of methoxy groups -OCH3 is 1. The van der Waals surface area contributed by atoms with Crippen molar-refractivity contribution in [3.8, 4) is 17.0 Å². The van der Waals surface area contributed by atoms with Gasteiger partial charge in [0.1, 0.15) is 5.75 Å². The molecular weight excluding hydrogens is 458 g/mol. The van der Waals surface area contributed by atoms with Crippen LogP contribution in [-0.4, -0.2) is 49.4 Å². The van der Waals surface area contributed by atoms with Crippen molar-refractivity contribution in [2.24, 2.45) is 0 Å². The summed E-state index contributed by atoms with van der Waals surface area (Å²) in [5.41, 5.74) is 4.10. The fourth-order valence-corrected chi connectivity index (χ4v) is 6.57. The molecule has 2 heterocycles. The van der Waals surface area contributed by atoms with E-state index in [2.05, 4.69) is 46.3 Å². The Balaban J connectivity index is 1.62. The zero-order valence-corrected chi connectivity index (χ0v) is 21.9. The first-order valence-electron chi connectivity index (χ1n) is 12.6. The molecule has 1 aliphatic heterocycles. The van der Waals surface area contributed by atoms with Crippen molar-refractivity contribution in [2.45, 2.75) is 57.0 Å². The summed E-state index contributed by atoms with van der Waals surface area (Å²) in [7, 11) is -1.94. The number of nitrogens with one attached hydrogen (secondary N) is 1. The van der Waals surface area contributed by atoms with Gasteiger partial charge in [-0.1, -0.05) is 57.0 Å². The van der Waals surface area contributed by atoms with Crippen molar-refractivity contribution in [1.82, 2.24) is 14.2 Å². The Morgan fingerprint density at radius 3 is 2.49 bits per heavy atom. The van der Waals surface area contributed by atoms with Crippen molar-refractivity contribution >= 4 is 10.0 Å². The summed E-state index contributed by atoms with van der Waals surface area (Å²) in [6.07, 6.45) is 4.88. The van der Waals surface area contributed by atoms with Gasteiger partial charge in [0.25, 0.3) is 0 Å². The monoisotopic (exact) mass is 495 g/mol. The molecule has 188 valence electrons. The second-order valence-corrected chi connectivity index (χ2v) is 11.0. The number of benzene rings is 2.